The Morgan fingerprint density at radius 2 is 1.78 bits per heavy atom. The maximum absolute atomic E-state index is 14.4. The molecule has 0 spiro atoms. The summed E-state index contributed by atoms with van der Waals surface area (Å²) in [6.45, 7) is -1.59. The molecule has 0 aliphatic heterocycles. The smallest absolute Gasteiger partial charge is 0.407 e. The highest BCUT2D eigenvalue weighted by Gasteiger charge is 2.40. The van der Waals surface area contributed by atoms with Crippen molar-refractivity contribution in [2.75, 3.05) is 33.0 Å². The predicted octanol–water partition coefficient (Wildman–Crippen LogP) is 3.96. The summed E-state index contributed by atoms with van der Waals surface area (Å²) in [6, 6.07) is 8.23. The van der Waals surface area contributed by atoms with E-state index in [1.54, 1.807) is 42.5 Å². The fourth-order valence-electron chi connectivity index (χ4n) is 4.95. The van der Waals surface area contributed by atoms with Gasteiger partial charge in [0.1, 0.15) is 25.1 Å². The number of aliphatic hydroxyl groups is 2. The van der Waals surface area contributed by atoms with Crippen molar-refractivity contribution in [2.45, 2.75) is 75.6 Å². The van der Waals surface area contributed by atoms with Crippen LogP contribution in [0.5, 0.6) is 5.75 Å². The number of hydrogen-bond donors (Lipinski definition) is 3. The number of carbonyl (C=O) groups is 2. The number of halogens is 2. The molecule has 1 aliphatic rings. The van der Waals surface area contributed by atoms with Crippen molar-refractivity contribution in [1.82, 2.24) is 5.32 Å². The molecule has 0 bridgehead atoms. The van der Waals surface area contributed by atoms with E-state index in [-0.39, 0.29) is 39.0 Å². The average Bonchev–Trinajstić information content (AvgIpc) is 3.32. The van der Waals surface area contributed by atoms with Gasteiger partial charge < -0.3 is 39.4 Å². The molecule has 274 valence electrons. The summed E-state index contributed by atoms with van der Waals surface area (Å²) < 4.78 is 43.9. The highest BCUT2D eigenvalue weighted by atomic mass is 19.3. The highest BCUT2D eigenvalue weighted by Crippen LogP contribution is 2.37. The lowest BCUT2D eigenvalue weighted by Gasteiger charge is -2.20. The summed E-state index contributed by atoms with van der Waals surface area (Å²) in [6.07, 6.45) is 4.01. The summed E-state index contributed by atoms with van der Waals surface area (Å²) in [5, 5.41) is 41.6. The van der Waals surface area contributed by atoms with Crippen LogP contribution in [0, 0.1) is 32.1 Å². The van der Waals surface area contributed by atoms with Gasteiger partial charge in [-0.05, 0) is 62.7 Å². The second-order valence-corrected chi connectivity index (χ2v) is 11.2. The third kappa shape index (κ3) is 18.0. The number of ether oxygens (including phenoxy) is 3. The van der Waals surface area contributed by atoms with E-state index in [4.69, 9.17) is 14.2 Å². The lowest BCUT2D eigenvalue weighted by molar-refractivity contribution is -0.790. The van der Waals surface area contributed by atoms with E-state index < -0.39 is 71.5 Å². The van der Waals surface area contributed by atoms with E-state index in [2.05, 4.69) is 15.0 Å². The Kier molecular flexibility index (Phi) is 18.3. The van der Waals surface area contributed by atoms with Crippen LogP contribution in [-0.4, -0.2) is 89.7 Å². The van der Waals surface area contributed by atoms with Crippen LogP contribution in [0.1, 0.15) is 51.4 Å². The Morgan fingerprint density at radius 3 is 2.49 bits per heavy atom. The van der Waals surface area contributed by atoms with Gasteiger partial charge in [-0.25, -0.2) is 4.79 Å². The van der Waals surface area contributed by atoms with E-state index >= 15 is 0 Å². The molecule has 1 aromatic rings. The number of unbranched alkanes of at least 4 members (excludes halogenated alkanes) is 2. The summed E-state index contributed by atoms with van der Waals surface area (Å²) in [4.78, 5) is 52.8. The van der Waals surface area contributed by atoms with Gasteiger partial charge >= 0.3 is 12.1 Å². The van der Waals surface area contributed by atoms with E-state index in [9.17, 15) is 48.8 Å². The number of hydrogen-bond acceptors (Lipinski definition) is 13. The van der Waals surface area contributed by atoms with Crippen molar-refractivity contribution in [3.8, 4) is 5.75 Å². The van der Waals surface area contributed by atoms with Gasteiger partial charge in [0.25, 0.3) is 16.1 Å². The van der Waals surface area contributed by atoms with Gasteiger partial charge in [-0.1, -0.05) is 36.4 Å². The number of alkyl halides is 2. The molecular formula is C31H43F2N3O13. The number of allylic oxidation sites excluding steroid dienone is 2. The number of alkyl carbamates (subject to hydrolysis) is 1. The number of aliphatic hydroxyl groups excluding tert-OH is 2. The van der Waals surface area contributed by atoms with Gasteiger partial charge in [0.15, 0.2) is 6.61 Å². The first-order valence-electron chi connectivity index (χ1n) is 15.8. The zero-order valence-corrected chi connectivity index (χ0v) is 26.8. The fraction of sp³-hybridized carbons (Fsp3) is 0.613. The first-order chi connectivity index (χ1) is 23.4. The summed E-state index contributed by atoms with van der Waals surface area (Å²) in [5.41, 5.74) is 0. The van der Waals surface area contributed by atoms with Gasteiger partial charge in [0.2, 0.25) is 0 Å². The van der Waals surface area contributed by atoms with E-state index in [1.165, 1.54) is 6.08 Å². The van der Waals surface area contributed by atoms with Gasteiger partial charge in [-0.2, -0.15) is 8.78 Å². The number of esters is 1. The van der Waals surface area contributed by atoms with Crippen molar-refractivity contribution in [3.63, 3.8) is 0 Å². The second-order valence-electron chi connectivity index (χ2n) is 11.2. The lowest BCUT2D eigenvalue weighted by Crippen LogP contribution is -2.29. The van der Waals surface area contributed by atoms with Crippen LogP contribution in [0.4, 0.5) is 13.6 Å². The van der Waals surface area contributed by atoms with E-state index in [0.29, 0.717) is 43.9 Å². The summed E-state index contributed by atoms with van der Waals surface area (Å²) in [5.74, 6) is -4.56. The third-order valence-corrected chi connectivity index (χ3v) is 7.37. The SMILES string of the molecule is O=C(CCCC=CC[C@@H]1[C@@H](C=CC(F)(F)COc2ccccc2)[C@H](O)C[C@@H]1O)OCCNC(=O)OCCCCC(CO[N+](=O)[O-])O[N+](=O)[O-]. The fourth-order valence-corrected chi connectivity index (χ4v) is 4.95. The van der Waals surface area contributed by atoms with Crippen molar-refractivity contribution in [3.05, 3.63) is 74.9 Å². The molecule has 0 heterocycles. The predicted molar refractivity (Wildman–Crippen MR) is 166 cm³/mol. The number of para-hydroxylation sites is 1. The lowest BCUT2D eigenvalue weighted by atomic mass is 9.89. The van der Waals surface area contributed by atoms with Gasteiger partial charge in [0.05, 0.1) is 25.4 Å². The van der Waals surface area contributed by atoms with Crippen LogP contribution in [0.25, 0.3) is 0 Å². The molecule has 1 aliphatic carbocycles. The Morgan fingerprint density at radius 1 is 1.02 bits per heavy atom. The molecule has 3 N–H and O–H groups in total. The molecular weight excluding hydrogens is 660 g/mol. The first kappa shape index (κ1) is 40.6. The van der Waals surface area contributed by atoms with Crippen molar-refractivity contribution in [1.29, 1.82) is 0 Å². The number of carbonyl (C=O) groups excluding carboxylic acids is 2. The quantitative estimate of drug-likeness (QED) is 0.0457. The maximum atomic E-state index is 14.4. The molecule has 1 saturated carbocycles. The van der Waals surface area contributed by atoms with Crippen molar-refractivity contribution in [2.24, 2.45) is 11.8 Å². The maximum Gasteiger partial charge on any atom is 0.407 e. The highest BCUT2D eigenvalue weighted by molar-refractivity contribution is 5.69. The Balaban J connectivity index is 1.56. The number of rotatable bonds is 24. The zero-order valence-electron chi connectivity index (χ0n) is 26.8. The number of benzene rings is 1. The van der Waals surface area contributed by atoms with E-state index in [0.717, 1.165) is 0 Å². The second kappa shape index (κ2) is 22.1. The summed E-state index contributed by atoms with van der Waals surface area (Å²) >= 11 is 0. The Bertz CT molecular complexity index is 1220. The standard InChI is InChI=1S/C31H43F2N3O13/c32-31(33,22-47-23-10-4-3-5-11-23)16-15-26-25(27(37)20-28(26)38)13-6-1-2-7-14-29(39)45-19-17-34-30(40)46-18-9-8-12-24(49-36(43)44)21-48-35(41)42/h1,3-6,10-11,15-16,24-28,37-38H,2,7-9,12-14,17-22H2,(H,34,40)/t24?,25-,26-,27+,28-/m1/s1. The Labute approximate surface area is 281 Å². The van der Waals surface area contributed by atoms with Gasteiger partial charge in [0, 0.05) is 18.8 Å². The Hall–Kier alpha value is -4.58. The summed E-state index contributed by atoms with van der Waals surface area (Å²) in [7, 11) is 0. The van der Waals surface area contributed by atoms with E-state index in [1.807, 2.05) is 0 Å². The molecule has 1 unspecified atom stereocenters. The number of amides is 1. The molecule has 1 fully saturated rings. The van der Waals surface area contributed by atoms with Crippen LogP contribution in [0.2, 0.25) is 0 Å². The molecule has 0 saturated heterocycles. The molecule has 16 nitrogen and oxygen atoms in total. The molecule has 1 aromatic carbocycles. The molecule has 1 amide bonds. The number of nitrogens with zero attached hydrogens (tertiary/aromatic N) is 2. The minimum absolute atomic E-state index is 0.00137. The van der Waals surface area contributed by atoms with Crippen LogP contribution < -0.4 is 10.1 Å². The van der Waals surface area contributed by atoms with Gasteiger partial charge in [-0.3, -0.25) is 4.79 Å². The molecule has 2 rings (SSSR count). The molecule has 49 heavy (non-hydrogen) atoms. The topological polar surface area (TPSA) is 219 Å². The number of nitrogens with one attached hydrogen (secondary N) is 1. The van der Waals surface area contributed by atoms with Gasteiger partial charge in [-0.15, -0.1) is 20.2 Å². The molecule has 5 atom stereocenters. The van der Waals surface area contributed by atoms with Crippen LogP contribution in [0.3, 0.4) is 0 Å². The molecule has 0 aromatic heterocycles. The van der Waals surface area contributed by atoms with Crippen molar-refractivity contribution >= 4 is 12.1 Å². The molecule has 18 heteroatoms. The van der Waals surface area contributed by atoms with Crippen LogP contribution in [-0.2, 0) is 23.9 Å². The van der Waals surface area contributed by atoms with Crippen LogP contribution in [0.15, 0.2) is 54.6 Å². The third-order valence-electron chi connectivity index (χ3n) is 7.37. The largest absolute Gasteiger partial charge is 0.487 e. The van der Waals surface area contributed by atoms with Crippen LogP contribution >= 0.6 is 0 Å². The minimum atomic E-state index is -3.27. The normalized spacial score (nSPS) is 19.8. The zero-order chi connectivity index (χ0) is 36.1. The van der Waals surface area contributed by atoms with Crippen molar-refractivity contribution < 1.29 is 62.6 Å². The molecule has 0 radical (unpaired) electrons. The first-order valence-corrected chi connectivity index (χ1v) is 15.8. The monoisotopic (exact) mass is 703 g/mol. The average molecular weight is 704 g/mol. The minimum Gasteiger partial charge on any atom is -0.487 e.